The van der Waals surface area contributed by atoms with Gasteiger partial charge < -0.3 is 4.57 Å². The van der Waals surface area contributed by atoms with E-state index in [4.69, 9.17) is 0 Å². The zero-order chi connectivity index (χ0) is 11.8. The minimum atomic E-state index is 0.536. The van der Waals surface area contributed by atoms with E-state index in [9.17, 15) is 4.79 Å². The number of carbonyl (C=O) groups excluding carboxylic acids is 1. The summed E-state index contributed by atoms with van der Waals surface area (Å²) in [5, 5.41) is 0. The average Bonchev–Trinajstić information content (AvgIpc) is 2.96. The summed E-state index contributed by atoms with van der Waals surface area (Å²) in [5.74, 6) is 0.536. The van der Waals surface area contributed by atoms with Gasteiger partial charge in [0.15, 0.2) is 6.29 Å². The predicted molar refractivity (Wildman–Crippen MR) is 67.3 cm³/mol. The first kappa shape index (κ1) is 10.5. The highest BCUT2D eigenvalue weighted by atomic mass is 16.1. The van der Waals surface area contributed by atoms with Gasteiger partial charge in [-0.1, -0.05) is 12.8 Å². The molecule has 1 aliphatic carbocycles. The number of aromatic nitrogens is 2. The van der Waals surface area contributed by atoms with Gasteiger partial charge in [0.05, 0.1) is 16.6 Å². The number of hydrogen-bond donors (Lipinski definition) is 0. The van der Waals surface area contributed by atoms with Crippen molar-refractivity contribution in [3.05, 3.63) is 29.6 Å². The molecule has 0 atom stereocenters. The molecule has 1 saturated carbocycles. The Bertz CT molecular complexity index is 565. The van der Waals surface area contributed by atoms with E-state index >= 15 is 0 Å². The summed E-state index contributed by atoms with van der Waals surface area (Å²) in [7, 11) is 2.05. The molecule has 0 aromatic carbocycles. The van der Waals surface area contributed by atoms with E-state index < -0.39 is 0 Å². The van der Waals surface area contributed by atoms with Crippen LogP contribution < -0.4 is 0 Å². The van der Waals surface area contributed by atoms with Crippen LogP contribution in [0.3, 0.4) is 0 Å². The summed E-state index contributed by atoms with van der Waals surface area (Å²) in [6.07, 6.45) is 7.68. The highest BCUT2D eigenvalue weighted by molar-refractivity contribution is 5.97. The molecular weight excluding hydrogens is 212 g/mol. The quantitative estimate of drug-likeness (QED) is 0.740. The third-order valence-electron chi connectivity index (χ3n) is 3.90. The summed E-state index contributed by atoms with van der Waals surface area (Å²) in [6, 6.07) is 3.96. The monoisotopic (exact) mass is 228 g/mol. The van der Waals surface area contributed by atoms with Gasteiger partial charge in [-0.3, -0.25) is 9.78 Å². The van der Waals surface area contributed by atoms with Crippen LogP contribution in [0.25, 0.3) is 11.0 Å². The fourth-order valence-electron chi connectivity index (χ4n) is 3.12. The molecule has 0 N–H and O–H groups in total. The van der Waals surface area contributed by atoms with E-state index in [0.29, 0.717) is 5.92 Å². The summed E-state index contributed by atoms with van der Waals surface area (Å²) >= 11 is 0. The highest BCUT2D eigenvalue weighted by Gasteiger charge is 2.25. The molecule has 0 saturated heterocycles. The first-order valence-corrected chi connectivity index (χ1v) is 6.21. The Hall–Kier alpha value is -1.64. The maximum absolute atomic E-state index is 11.4. The number of fused-ring (bicyclic) bond motifs is 1. The smallest absolute Gasteiger partial charge is 0.154 e. The van der Waals surface area contributed by atoms with Gasteiger partial charge in [-0.05, 0) is 30.9 Å². The lowest BCUT2D eigenvalue weighted by Crippen LogP contribution is -2.03. The number of rotatable bonds is 2. The van der Waals surface area contributed by atoms with Crippen LogP contribution in [0, 0.1) is 0 Å². The molecule has 0 unspecified atom stereocenters. The fraction of sp³-hybridized carbons (Fsp3) is 0.429. The van der Waals surface area contributed by atoms with E-state index in [2.05, 4.69) is 9.55 Å². The Balaban J connectivity index is 2.28. The Morgan fingerprint density at radius 3 is 2.88 bits per heavy atom. The number of hydrogen-bond acceptors (Lipinski definition) is 2. The molecule has 0 spiro atoms. The number of carbonyl (C=O) groups is 1. The first-order chi connectivity index (χ1) is 8.33. The van der Waals surface area contributed by atoms with Gasteiger partial charge in [-0.25, -0.2) is 0 Å². The zero-order valence-electron chi connectivity index (χ0n) is 10.0. The van der Waals surface area contributed by atoms with Gasteiger partial charge in [0, 0.05) is 18.9 Å². The molecule has 3 heteroatoms. The van der Waals surface area contributed by atoms with Crippen LogP contribution in [-0.2, 0) is 7.05 Å². The van der Waals surface area contributed by atoms with Crippen LogP contribution in [0.2, 0.25) is 0 Å². The van der Waals surface area contributed by atoms with Gasteiger partial charge in [0.25, 0.3) is 0 Å². The normalized spacial score (nSPS) is 16.8. The molecule has 17 heavy (non-hydrogen) atoms. The molecule has 88 valence electrons. The van der Waals surface area contributed by atoms with E-state index in [-0.39, 0.29) is 0 Å². The second kappa shape index (κ2) is 3.99. The molecule has 0 amide bonds. The maximum atomic E-state index is 11.4. The molecule has 2 aromatic heterocycles. The summed E-state index contributed by atoms with van der Waals surface area (Å²) in [6.45, 7) is 0. The molecule has 2 heterocycles. The third kappa shape index (κ3) is 1.49. The standard InChI is InChI=1S/C14H16N2O/c1-16-12-7-4-8-15-13(12)11(9-17)14(16)10-5-2-3-6-10/h4,7-10H,2-3,5-6H2,1H3. The van der Waals surface area contributed by atoms with Crippen molar-refractivity contribution < 1.29 is 4.79 Å². The first-order valence-electron chi connectivity index (χ1n) is 6.21. The Kier molecular flexibility index (Phi) is 2.46. The van der Waals surface area contributed by atoms with Crippen molar-refractivity contribution in [2.75, 3.05) is 0 Å². The molecule has 0 bridgehead atoms. The number of nitrogens with zero attached hydrogens (tertiary/aromatic N) is 2. The molecule has 1 fully saturated rings. The van der Waals surface area contributed by atoms with E-state index in [0.717, 1.165) is 22.9 Å². The third-order valence-corrected chi connectivity index (χ3v) is 3.90. The number of pyridine rings is 1. The largest absolute Gasteiger partial charge is 0.345 e. The van der Waals surface area contributed by atoms with Crippen molar-refractivity contribution in [2.45, 2.75) is 31.6 Å². The summed E-state index contributed by atoms with van der Waals surface area (Å²) in [5.41, 5.74) is 3.91. The van der Waals surface area contributed by atoms with Crippen LogP contribution >= 0.6 is 0 Å². The van der Waals surface area contributed by atoms with Gasteiger partial charge in [-0.15, -0.1) is 0 Å². The Morgan fingerprint density at radius 1 is 1.41 bits per heavy atom. The zero-order valence-corrected chi connectivity index (χ0v) is 10.0. The SMILES string of the molecule is Cn1c(C2CCCC2)c(C=O)c2ncccc21. The van der Waals surface area contributed by atoms with Crippen molar-refractivity contribution in [1.29, 1.82) is 0 Å². The Morgan fingerprint density at radius 2 is 2.18 bits per heavy atom. The molecular formula is C14H16N2O. The predicted octanol–water partition coefficient (Wildman–Crippen LogP) is 3.04. The van der Waals surface area contributed by atoms with Crippen LogP contribution in [-0.4, -0.2) is 15.8 Å². The summed E-state index contributed by atoms with van der Waals surface area (Å²) < 4.78 is 2.15. The minimum Gasteiger partial charge on any atom is -0.345 e. The van der Waals surface area contributed by atoms with Gasteiger partial charge in [0.2, 0.25) is 0 Å². The van der Waals surface area contributed by atoms with E-state index in [1.807, 2.05) is 19.2 Å². The topological polar surface area (TPSA) is 34.9 Å². The lowest BCUT2D eigenvalue weighted by molar-refractivity contribution is 0.112. The van der Waals surface area contributed by atoms with Crippen molar-refractivity contribution in [2.24, 2.45) is 7.05 Å². The van der Waals surface area contributed by atoms with Crippen LogP contribution in [0.4, 0.5) is 0 Å². The lowest BCUT2D eigenvalue weighted by atomic mass is 10.0. The second-order valence-corrected chi connectivity index (χ2v) is 4.83. The van der Waals surface area contributed by atoms with Crippen LogP contribution in [0.1, 0.15) is 47.7 Å². The van der Waals surface area contributed by atoms with Gasteiger partial charge in [-0.2, -0.15) is 0 Å². The highest BCUT2D eigenvalue weighted by Crippen LogP contribution is 2.38. The molecule has 3 nitrogen and oxygen atoms in total. The fourth-order valence-corrected chi connectivity index (χ4v) is 3.12. The molecule has 2 aromatic rings. The minimum absolute atomic E-state index is 0.536. The molecule has 0 aliphatic heterocycles. The van der Waals surface area contributed by atoms with Gasteiger partial charge in [0.1, 0.15) is 0 Å². The van der Waals surface area contributed by atoms with Crippen molar-refractivity contribution in [3.8, 4) is 0 Å². The van der Waals surface area contributed by atoms with E-state index in [1.54, 1.807) is 6.20 Å². The maximum Gasteiger partial charge on any atom is 0.154 e. The van der Waals surface area contributed by atoms with E-state index in [1.165, 1.54) is 31.4 Å². The van der Waals surface area contributed by atoms with Crippen LogP contribution in [0.5, 0.6) is 0 Å². The summed E-state index contributed by atoms with van der Waals surface area (Å²) in [4.78, 5) is 15.7. The van der Waals surface area contributed by atoms with Crippen molar-refractivity contribution >= 4 is 17.3 Å². The molecule has 1 aliphatic rings. The average molecular weight is 228 g/mol. The lowest BCUT2D eigenvalue weighted by Gasteiger charge is -2.12. The van der Waals surface area contributed by atoms with Gasteiger partial charge >= 0.3 is 0 Å². The molecule has 3 rings (SSSR count). The number of aryl methyl sites for hydroxylation is 1. The van der Waals surface area contributed by atoms with Crippen molar-refractivity contribution in [3.63, 3.8) is 0 Å². The van der Waals surface area contributed by atoms with Crippen molar-refractivity contribution in [1.82, 2.24) is 9.55 Å². The van der Waals surface area contributed by atoms with Crippen LogP contribution in [0.15, 0.2) is 18.3 Å². The second-order valence-electron chi connectivity index (χ2n) is 4.83. The number of aldehydes is 1. The molecule has 0 radical (unpaired) electrons. The Labute approximate surface area is 100 Å².